The molecule has 5 nitrogen and oxygen atoms in total. The molecule has 0 unspecified atom stereocenters. The Morgan fingerprint density at radius 3 is 2.19 bits per heavy atom. The van der Waals surface area contributed by atoms with Crippen LogP contribution in [0.4, 0.5) is 0 Å². The Bertz CT molecular complexity index is 880. The first-order valence-corrected chi connectivity index (χ1v) is 12.1. The zero-order valence-corrected chi connectivity index (χ0v) is 20.5. The fourth-order valence-electron chi connectivity index (χ4n) is 3.97. The molecule has 0 saturated carbocycles. The molecule has 1 aliphatic heterocycles. The molecule has 3 N–H and O–H groups in total. The van der Waals surface area contributed by atoms with Gasteiger partial charge in [-0.3, -0.25) is 14.6 Å². The summed E-state index contributed by atoms with van der Waals surface area (Å²) < 4.78 is 0. The van der Waals surface area contributed by atoms with Gasteiger partial charge in [-0.2, -0.15) is 0 Å². The van der Waals surface area contributed by atoms with Gasteiger partial charge in [-0.15, -0.1) is 0 Å². The number of hydrogen-bond acceptors (Lipinski definition) is 4. The summed E-state index contributed by atoms with van der Waals surface area (Å²) in [6, 6.07) is 13.7. The van der Waals surface area contributed by atoms with E-state index in [9.17, 15) is 4.79 Å². The van der Waals surface area contributed by atoms with Gasteiger partial charge < -0.3 is 11.1 Å². The molecule has 0 spiro atoms. The van der Waals surface area contributed by atoms with Crippen molar-refractivity contribution in [3.63, 3.8) is 0 Å². The van der Waals surface area contributed by atoms with Crippen molar-refractivity contribution < 1.29 is 4.79 Å². The summed E-state index contributed by atoms with van der Waals surface area (Å²) >= 11 is 12.2. The van der Waals surface area contributed by atoms with Gasteiger partial charge in [0.2, 0.25) is 0 Å². The molecule has 0 aliphatic carbocycles. The smallest absolute Gasteiger partial charge is 0.251 e. The van der Waals surface area contributed by atoms with E-state index in [0.29, 0.717) is 28.1 Å². The highest BCUT2D eigenvalue weighted by Gasteiger charge is 2.23. The lowest BCUT2D eigenvalue weighted by molar-refractivity contribution is 0.0862. The normalized spacial score (nSPS) is 16.3. The first kappa shape index (κ1) is 25.0. The second-order valence-corrected chi connectivity index (χ2v) is 9.70. The van der Waals surface area contributed by atoms with Crippen molar-refractivity contribution in [3.8, 4) is 0 Å². The zero-order chi connectivity index (χ0) is 23.1. The number of piperazine rings is 1. The van der Waals surface area contributed by atoms with Crippen molar-refractivity contribution in [3.05, 3.63) is 69.2 Å². The van der Waals surface area contributed by atoms with E-state index >= 15 is 0 Å². The molecule has 1 atom stereocenters. The first-order chi connectivity index (χ1) is 15.4. The van der Waals surface area contributed by atoms with E-state index in [2.05, 4.69) is 29.0 Å². The van der Waals surface area contributed by atoms with Crippen LogP contribution in [0.1, 0.15) is 35.3 Å². The summed E-state index contributed by atoms with van der Waals surface area (Å²) in [5.41, 5.74) is 8.64. The molecule has 2 aromatic rings. The summed E-state index contributed by atoms with van der Waals surface area (Å²) in [5, 5.41) is 4.44. The van der Waals surface area contributed by atoms with Crippen molar-refractivity contribution in [2.24, 2.45) is 11.7 Å². The third kappa shape index (κ3) is 7.19. The van der Waals surface area contributed by atoms with Crippen LogP contribution in [0.2, 0.25) is 10.0 Å². The Labute approximate surface area is 201 Å². The lowest BCUT2D eigenvalue weighted by Crippen LogP contribution is -2.52. The van der Waals surface area contributed by atoms with Gasteiger partial charge >= 0.3 is 0 Å². The van der Waals surface area contributed by atoms with Gasteiger partial charge in [0.25, 0.3) is 5.91 Å². The average Bonchev–Trinajstić information content (AvgIpc) is 2.77. The van der Waals surface area contributed by atoms with E-state index < -0.39 is 0 Å². The summed E-state index contributed by atoms with van der Waals surface area (Å²) in [7, 11) is 0. The number of rotatable bonds is 9. The van der Waals surface area contributed by atoms with Crippen molar-refractivity contribution in [2.45, 2.75) is 32.9 Å². The molecule has 2 aromatic carbocycles. The van der Waals surface area contributed by atoms with E-state index in [-0.39, 0.29) is 11.9 Å². The Hall–Kier alpha value is -1.63. The number of nitrogens with zero attached hydrogens (tertiary/aromatic N) is 2. The number of amides is 1. The van der Waals surface area contributed by atoms with Crippen LogP contribution < -0.4 is 11.1 Å². The average molecular weight is 477 g/mol. The van der Waals surface area contributed by atoms with Crippen LogP contribution in [-0.2, 0) is 13.0 Å². The van der Waals surface area contributed by atoms with Gasteiger partial charge in [0.15, 0.2) is 0 Å². The minimum absolute atomic E-state index is 0.0127. The lowest BCUT2D eigenvalue weighted by atomic mass is 10.0. The molecule has 0 bridgehead atoms. The van der Waals surface area contributed by atoms with E-state index in [1.54, 1.807) is 0 Å². The molecule has 1 saturated heterocycles. The summed E-state index contributed by atoms with van der Waals surface area (Å²) in [4.78, 5) is 17.7. The van der Waals surface area contributed by atoms with Gasteiger partial charge in [0.1, 0.15) is 0 Å². The Balaban J connectivity index is 1.49. The predicted molar refractivity (Wildman–Crippen MR) is 133 cm³/mol. The van der Waals surface area contributed by atoms with E-state index in [4.69, 9.17) is 28.9 Å². The van der Waals surface area contributed by atoms with E-state index in [0.717, 1.165) is 51.3 Å². The fourth-order valence-corrected chi connectivity index (χ4v) is 4.29. The highest BCUT2D eigenvalue weighted by molar-refractivity contribution is 6.42. The summed E-state index contributed by atoms with van der Waals surface area (Å²) in [5.74, 6) is 0.339. The molecule has 1 fully saturated rings. The minimum Gasteiger partial charge on any atom is -0.348 e. The maximum absolute atomic E-state index is 12.8. The predicted octanol–water partition coefficient (Wildman–Crippen LogP) is 4.07. The van der Waals surface area contributed by atoms with E-state index in [1.165, 1.54) is 5.56 Å². The number of nitrogens with two attached hydrogens (primary N) is 1. The highest BCUT2D eigenvalue weighted by Crippen LogP contribution is 2.23. The van der Waals surface area contributed by atoms with Gasteiger partial charge in [0, 0.05) is 50.9 Å². The van der Waals surface area contributed by atoms with Gasteiger partial charge in [-0.25, -0.2) is 0 Å². The molecule has 7 heteroatoms. The largest absolute Gasteiger partial charge is 0.348 e. The quantitative estimate of drug-likeness (QED) is 0.572. The topological polar surface area (TPSA) is 61.6 Å². The van der Waals surface area contributed by atoms with Crippen LogP contribution in [0.5, 0.6) is 0 Å². The maximum Gasteiger partial charge on any atom is 0.251 e. The molecule has 1 heterocycles. The van der Waals surface area contributed by atoms with Crippen LogP contribution in [-0.4, -0.2) is 61.0 Å². The molecule has 1 aliphatic rings. The minimum atomic E-state index is -0.0127. The second-order valence-electron chi connectivity index (χ2n) is 8.88. The first-order valence-electron chi connectivity index (χ1n) is 11.3. The fraction of sp³-hybridized carbons (Fsp3) is 0.480. The third-order valence-corrected chi connectivity index (χ3v) is 6.82. The zero-order valence-electron chi connectivity index (χ0n) is 19.0. The SMILES string of the molecule is CC(C)[C@H](CN1CCN(Cc2ccc(Cl)c(Cl)c2)CC1)NC(=O)c1ccc(CCN)cc1. The maximum atomic E-state index is 12.8. The Morgan fingerprint density at radius 1 is 0.969 bits per heavy atom. The van der Waals surface area contributed by atoms with Crippen LogP contribution >= 0.6 is 23.2 Å². The van der Waals surface area contributed by atoms with Crippen molar-refractivity contribution >= 4 is 29.1 Å². The van der Waals surface area contributed by atoms with Crippen LogP contribution in [0, 0.1) is 5.92 Å². The standard InChI is InChI=1S/C25H34Cl2N4O/c1-18(2)24(29-25(32)21-6-3-19(4-7-21)9-10-28)17-31-13-11-30(12-14-31)16-20-5-8-22(26)23(27)15-20/h3-8,15,18,24H,9-14,16-17,28H2,1-2H3,(H,29,32)/t24-/m0/s1. The Kier molecular flexibility index (Phi) is 9.38. The van der Waals surface area contributed by atoms with Crippen molar-refractivity contribution in [2.75, 3.05) is 39.3 Å². The molecular formula is C25H34Cl2N4O. The molecule has 0 radical (unpaired) electrons. The molecule has 1 amide bonds. The molecule has 174 valence electrons. The molecule has 32 heavy (non-hydrogen) atoms. The second kappa shape index (κ2) is 12.0. The number of carbonyl (C=O) groups is 1. The summed E-state index contributed by atoms with van der Waals surface area (Å²) in [6.07, 6.45) is 0.827. The number of hydrogen-bond donors (Lipinski definition) is 2. The van der Waals surface area contributed by atoms with Crippen molar-refractivity contribution in [1.29, 1.82) is 0 Å². The van der Waals surface area contributed by atoms with Crippen LogP contribution in [0.25, 0.3) is 0 Å². The number of benzene rings is 2. The van der Waals surface area contributed by atoms with Gasteiger partial charge in [-0.05, 0) is 54.3 Å². The number of nitrogens with one attached hydrogen (secondary N) is 1. The number of halogens is 2. The van der Waals surface area contributed by atoms with Gasteiger partial charge in [0.05, 0.1) is 10.0 Å². The third-order valence-electron chi connectivity index (χ3n) is 6.08. The number of carbonyl (C=O) groups excluding carboxylic acids is 1. The monoisotopic (exact) mass is 476 g/mol. The van der Waals surface area contributed by atoms with Gasteiger partial charge in [-0.1, -0.05) is 55.2 Å². The molecule has 3 rings (SSSR count). The molecular weight excluding hydrogens is 443 g/mol. The highest BCUT2D eigenvalue weighted by atomic mass is 35.5. The van der Waals surface area contributed by atoms with Crippen LogP contribution in [0.15, 0.2) is 42.5 Å². The summed E-state index contributed by atoms with van der Waals surface area (Å²) in [6.45, 7) is 10.6. The Morgan fingerprint density at radius 2 is 1.59 bits per heavy atom. The van der Waals surface area contributed by atoms with Crippen molar-refractivity contribution in [1.82, 2.24) is 15.1 Å². The van der Waals surface area contributed by atoms with E-state index in [1.807, 2.05) is 42.5 Å². The lowest BCUT2D eigenvalue weighted by Gasteiger charge is -2.37. The molecule has 0 aromatic heterocycles. The van der Waals surface area contributed by atoms with Crippen LogP contribution in [0.3, 0.4) is 0 Å².